The summed E-state index contributed by atoms with van der Waals surface area (Å²) in [5.74, 6) is 0. The van der Waals surface area contributed by atoms with Gasteiger partial charge in [-0.05, 0) is 117 Å². The third-order valence-corrected chi connectivity index (χ3v) is 19.4. The van der Waals surface area contributed by atoms with Crippen LogP contribution in [0.25, 0.3) is 164 Å². The van der Waals surface area contributed by atoms with Gasteiger partial charge in [-0.25, -0.2) is 0 Å². The van der Waals surface area contributed by atoms with E-state index in [1.165, 1.54) is 186 Å². The van der Waals surface area contributed by atoms with Crippen LogP contribution >= 0.6 is 0 Å². The molecule has 14 aromatic carbocycles. The van der Waals surface area contributed by atoms with Crippen LogP contribution in [-0.2, 0) is 5.41 Å². The Morgan fingerprint density at radius 1 is 0.198 bits per heavy atom. The second kappa shape index (κ2) is 15.0. The highest BCUT2D eigenvalue weighted by Crippen LogP contribution is 2.66. The first-order chi connectivity index (χ1) is 40.3. The second-order valence-corrected chi connectivity index (χ2v) is 22.8. The Morgan fingerprint density at radius 3 is 1.14 bits per heavy atom. The van der Waals surface area contributed by atoms with E-state index in [0.29, 0.717) is 0 Å². The van der Waals surface area contributed by atoms with Crippen molar-refractivity contribution in [2.24, 2.45) is 0 Å². The van der Waals surface area contributed by atoms with Crippen molar-refractivity contribution >= 4 is 109 Å². The second-order valence-electron chi connectivity index (χ2n) is 22.8. The first kappa shape index (κ1) is 42.5. The molecule has 1 spiro atoms. The van der Waals surface area contributed by atoms with Gasteiger partial charge in [0.2, 0.25) is 0 Å². The van der Waals surface area contributed by atoms with Crippen LogP contribution in [0.1, 0.15) is 22.3 Å². The molecule has 0 saturated carbocycles. The molecule has 2 heteroatoms. The van der Waals surface area contributed by atoms with E-state index in [9.17, 15) is 0 Å². The van der Waals surface area contributed by atoms with Crippen LogP contribution in [0.5, 0.6) is 0 Å². The lowest BCUT2D eigenvalue weighted by molar-refractivity contribution is 0.794. The van der Waals surface area contributed by atoms with Crippen molar-refractivity contribution in [1.82, 2.24) is 8.80 Å². The maximum absolute atomic E-state index is 2.56. The summed E-state index contributed by atoms with van der Waals surface area (Å²) >= 11 is 0. The number of hydrogen-bond donors (Lipinski definition) is 0. The van der Waals surface area contributed by atoms with Crippen LogP contribution in [0, 0.1) is 0 Å². The number of rotatable bonds is 3. The fourth-order valence-electron chi connectivity index (χ4n) is 16.5. The van der Waals surface area contributed by atoms with E-state index in [2.05, 4.69) is 276 Å². The Bertz CT molecular complexity index is 5560. The molecule has 0 fully saturated rings. The number of fused-ring (bicyclic) bond motifs is 26. The molecule has 4 aromatic heterocycles. The lowest BCUT2D eigenvalue weighted by Gasteiger charge is -2.30. The molecule has 0 N–H and O–H groups in total. The Kier molecular flexibility index (Phi) is 7.85. The van der Waals surface area contributed by atoms with Gasteiger partial charge in [-0.15, -0.1) is 0 Å². The predicted molar refractivity (Wildman–Crippen MR) is 341 cm³/mol. The molecule has 2 nitrogen and oxygen atoms in total. The summed E-state index contributed by atoms with van der Waals surface area (Å²) in [6.07, 6.45) is 0. The Balaban J connectivity index is 0.972. The summed E-state index contributed by atoms with van der Waals surface area (Å²) < 4.78 is 5.12. The van der Waals surface area contributed by atoms with Crippen LogP contribution in [-0.4, -0.2) is 8.80 Å². The fraction of sp³-hybridized carbons (Fsp3) is 0.0127. The molecule has 0 saturated heterocycles. The molecular formula is C79H44N2. The zero-order valence-electron chi connectivity index (χ0n) is 43.8. The van der Waals surface area contributed by atoms with E-state index < -0.39 is 5.41 Å². The van der Waals surface area contributed by atoms with Gasteiger partial charge in [0.25, 0.3) is 0 Å². The highest BCUT2D eigenvalue weighted by molar-refractivity contribution is 6.29. The minimum absolute atomic E-state index is 0.524. The largest absolute Gasteiger partial charge is 0.307 e. The fourth-order valence-corrected chi connectivity index (χ4v) is 16.5. The molecular weight excluding hydrogens is 977 g/mol. The standard InChI is InChI=1S/C79H44N2/c1-2-19-46-45(18-1)42-43-69-73(46)74-63(36-17-39-68(74)79(69)66-37-7-3-20-49(66)50-21-4-8-38-67(50)79)72-53-26-11-24-47(55-28-13-32-59-61-34-15-30-57-51-22-5-9-40-70(51)80(75(55)59)77(57)61)64(53)44-65-48(25-12-27-54(65)72)56-29-14-33-60-62-35-16-31-58-52-23-6-10-41-71(52)81(76(56)60)78(58)62/h1-44H. The molecule has 370 valence electrons. The minimum atomic E-state index is -0.524. The molecule has 0 amide bonds. The summed E-state index contributed by atoms with van der Waals surface area (Å²) in [6, 6.07) is 102. The van der Waals surface area contributed by atoms with Crippen molar-refractivity contribution in [2.45, 2.75) is 5.41 Å². The van der Waals surface area contributed by atoms with Crippen LogP contribution in [0.15, 0.2) is 267 Å². The molecule has 0 radical (unpaired) electrons. The van der Waals surface area contributed by atoms with Crippen molar-refractivity contribution in [2.75, 3.05) is 0 Å². The predicted octanol–water partition coefficient (Wildman–Crippen LogP) is 20.8. The molecule has 0 bridgehead atoms. The van der Waals surface area contributed by atoms with Crippen molar-refractivity contribution in [3.05, 3.63) is 289 Å². The van der Waals surface area contributed by atoms with E-state index in [1.54, 1.807) is 0 Å². The average molecular weight is 1020 g/mol. The average Bonchev–Trinajstić information content (AvgIpc) is 2.80. The van der Waals surface area contributed by atoms with Crippen LogP contribution in [0.3, 0.4) is 0 Å². The van der Waals surface area contributed by atoms with Gasteiger partial charge in [0, 0.05) is 54.2 Å². The summed E-state index contributed by atoms with van der Waals surface area (Å²) in [4.78, 5) is 0. The third kappa shape index (κ3) is 5.00. The molecule has 0 unspecified atom stereocenters. The highest BCUT2D eigenvalue weighted by atomic mass is 14.9. The maximum Gasteiger partial charge on any atom is 0.0725 e. The number of nitrogens with zero attached hydrogens (tertiary/aromatic N) is 2. The van der Waals surface area contributed by atoms with Gasteiger partial charge in [-0.3, -0.25) is 0 Å². The SMILES string of the molecule is c1ccc2c(c1)-c1ccccc1C21c2cccc(-c3c4cccc(-c5cccc6c7cccc8c9ccccc9n(c56)c87)c4cc4c(-c5cccc6c7cccc8c9ccccc9n(c56)c87)cccc34)c2-c2c1ccc1ccccc21. The lowest BCUT2D eigenvalue weighted by atomic mass is 9.70. The first-order valence-corrected chi connectivity index (χ1v) is 28.4. The van der Waals surface area contributed by atoms with E-state index >= 15 is 0 Å². The zero-order chi connectivity index (χ0) is 52.4. The van der Waals surface area contributed by atoms with Crippen molar-refractivity contribution < 1.29 is 0 Å². The van der Waals surface area contributed by atoms with Gasteiger partial charge < -0.3 is 8.80 Å². The number of hydrogen-bond acceptors (Lipinski definition) is 0. The van der Waals surface area contributed by atoms with Crippen LogP contribution in [0.4, 0.5) is 0 Å². The normalized spacial score (nSPS) is 13.5. The molecule has 0 atom stereocenters. The molecule has 4 heterocycles. The Morgan fingerprint density at radius 2 is 0.568 bits per heavy atom. The minimum Gasteiger partial charge on any atom is -0.307 e. The van der Waals surface area contributed by atoms with E-state index in [-0.39, 0.29) is 0 Å². The van der Waals surface area contributed by atoms with Gasteiger partial charge >= 0.3 is 0 Å². The summed E-state index contributed by atoms with van der Waals surface area (Å²) in [7, 11) is 0. The molecule has 2 aliphatic carbocycles. The van der Waals surface area contributed by atoms with Crippen molar-refractivity contribution in [3.63, 3.8) is 0 Å². The molecule has 0 aliphatic heterocycles. The number of benzene rings is 14. The van der Waals surface area contributed by atoms with Gasteiger partial charge in [0.05, 0.1) is 38.5 Å². The zero-order valence-corrected chi connectivity index (χ0v) is 43.8. The molecule has 2 aliphatic rings. The monoisotopic (exact) mass is 1020 g/mol. The van der Waals surface area contributed by atoms with E-state index in [0.717, 1.165) is 0 Å². The van der Waals surface area contributed by atoms with Crippen LogP contribution < -0.4 is 0 Å². The summed E-state index contributed by atoms with van der Waals surface area (Å²) in [5, 5.41) is 17.7. The number of aromatic nitrogens is 2. The topological polar surface area (TPSA) is 8.82 Å². The first-order valence-electron chi connectivity index (χ1n) is 28.4. The van der Waals surface area contributed by atoms with Gasteiger partial charge in [0.1, 0.15) is 0 Å². The molecule has 81 heavy (non-hydrogen) atoms. The summed E-state index contributed by atoms with van der Waals surface area (Å²) in [5.41, 5.74) is 25.1. The molecule has 18 aromatic rings. The Labute approximate surface area is 464 Å². The third-order valence-electron chi connectivity index (χ3n) is 19.4. The Hall–Kier alpha value is -10.5. The smallest absolute Gasteiger partial charge is 0.0725 e. The van der Waals surface area contributed by atoms with Crippen LogP contribution in [0.2, 0.25) is 0 Å². The van der Waals surface area contributed by atoms with E-state index in [1.807, 2.05) is 0 Å². The van der Waals surface area contributed by atoms with Gasteiger partial charge in [-0.2, -0.15) is 0 Å². The van der Waals surface area contributed by atoms with E-state index in [4.69, 9.17) is 0 Å². The van der Waals surface area contributed by atoms with Gasteiger partial charge in [-0.1, -0.05) is 249 Å². The lowest BCUT2D eigenvalue weighted by Crippen LogP contribution is -2.25. The summed E-state index contributed by atoms with van der Waals surface area (Å²) in [6.45, 7) is 0. The highest BCUT2D eigenvalue weighted by Gasteiger charge is 2.52. The molecule has 20 rings (SSSR count). The number of para-hydroxylation sites is 6. The van der Waals surface area contributed by atoms with Gasteiger partial charge in [0.15, 0.2) is 0 Å². The van der Waals surface area contributed by atoms with Crippen molar-refractivity contribution in [3.8, 4) is 55.6 Å². The quantitative estimate of drug-likeness (QED) is 0.156. The maximum atomic E-state index is 2.56. The van der Waals surface area contributed by atoms with Crippen molar-refractivity contribution in [1.29, 1.82) is 0 Å².